The molecule has 0 aromatic rings. The van der Waals surface area contributed by atoms with Crippen molar-refractivity contribution in [2.75, 3.05) is 0 Å². The summed E-state index contributed by atoms with van der Waals surface area (Å²) in [5.41, 5.74) is 0. The summed E-state index contributed by atoms with van der Waals surface area (Å²) in [4.78, 5) is 61.8. The van der Waals surface area contributed by atoms with Gasteiger partial charge < -0.3 is 0 Å². The van der Waals surface area contributed by atoms with Crippen molar-refractivity contribution in [2.45, 2.75) is 493 Å². The number of rotatable bonds is 36. The third-order valence-corrected chi connectivity index (χ3v) is 31.5. The summed E-state index contributed by atoms with van der Waals surface area (Å²) in [6.07, 6.45) is 86.4. The molecule has 10 rings (SSSR count). The molecule has 10 aliphatic rings. The van der Waals surface area contributed by atoms with E-state index in [4.69, 9.17) is 0 Å². The highest BCUT2D eigenvalue weighted by Crippen LogP contribution is 2.48. The molecule has 0 aromatic carbocycles. The average molecular weight is 1480 g/mol. The van der Waals surface area contributed by atoms with Gasteiger partial charge in [0.05, 0.1) is 0 Å². The number of Topliss-reactive ketones (excluding diaryl/α,β-unsaturated/α-hetero) is 5. The molecule has 0 N–H and O–H groups in total. The van der Waals surface area contributed by atoms with Crippen LogP contribution < -0.4 is 0 Å². The van der Waals surface area contributed by atoms with Crippen LogP contribution in [0, 0.1) is 118 Å². The van der Waals surface area contributed by atoms with E-state index in [-0.39, 0.29) is 0 Å². The van der Waals surface area contributed by atoms with E-state index in [1.54, 1.807) is 0 Å². The molecule has 10 unspecified atom stereocenters. The first kappa shape index (κ1) is 93.2. The van der Waals surface area contributed by atoms with Gasteiger partial charge in [-0.05, 0) is 249 Å². The van der Waals surface area contributed by atoms with Crippen LogP contribution in [0.25, 0.3) is 0 Å². The molecule has 10 atom stereocenters. The van der Waals surface area contributed by atoms with Crippen molar-refractivity contribution in [3.8, 4) is 0 Å². The van der Waals surface area contributed by atoms with Gasteiger partial charge in [-0.3, -0.25) is 24.0 Å². The first-order valence-electron chi connectivity index (χ1n) is 49.3. The number of ketones is 5. The van der Waals surface area contributed by atoms with Crippen LogP contribution in [-0.2, 0) is 24.0 Å². The predicted octanol–water partition coefficient (Wildman–Crippen LogP) is 31.2. The monoisotopic (exact) mass is 1480 g/mol. The smallest absolute Gasteiger partial charge is 0.136 e. The van der Waals surface area contributed by atoms with Crippen molar-refractivity contribution in [3.63, 3.8) is 0 Å². The lowest BCUT2D eigenvalue weighted by Gasteiger charge is -2.37. The predicted molar refractivity (Wildman–Crippen MR) is 456 cm³/mol. The molecule has 0 spiro atoms. The normalized spacial score (nSPS) is 33.9. The minimum atomic E-state index is 0.417. The van der Waals surface area contributed by atoms with Gasteiger partial charge in [0.1, 0.15) is 28.9 Å². The van der Waals surface area contributed by atoms with Gasteiger partial charge in [-0.15, -0.1) is 0 Å². The van der Waals surface area contributed by atoms with E-state index >= 15 is 0 Å². The van der Waals surface area contributed by atoms with E-state index in [1.807, 2.05) is 0 Å². The molecule has 616 valence electrons. The number of hydrogen-bond acceptors (Lipinski definition) is 5. The lowest BCUT2D eigenvalue weighted by atomic mass is 9.68. The highest BCUT2D eigenvalue weighted by molar-refractivity contribution is 5.83. The minimum Gasteiger partial charge on any atom is -0.299 e. The van der Waals surface area contributed by atoms with Gasteiger partial charge in [0, 0.05) is 61.7 Å². The highest BCUT2D eigenvalue weighted by Gasteiger charge is 2.40. The van der Waals surface area contributed by atoms with Crippen molar-refractivity contribution in [1.29, 1.82) is 0 Å². The van der Waals surface area contributed by atoms with Crippen LogP contribution in [-0.4, -0.2) is 28.9 Å². The molecule has 0 amide bonds. The summed E-state index contributed by atoms with van der Waals surface area (Å²) < 4.78 is 0. The summed E-state index contributed by atoms with van der Waals surface area (Å²) in [7, 11) is 0. The third-order valence-electron chi connectivity index (χ3n) is 31.5. The lowest BCUT2D eigenvalue weighted by molar-refractivity contribution is -0.128. The Kier molecular flexibility index (Phi) is 49.0. The topological polar surface area (TPSA) is 85.3 Å². The molecule has 0 aromatic heterocycles. The van der Waals surface area contributed by atoms with Crippen LogP contribution in [0.4, 0.5) is 0 Å². The van der Waals surface area contributed by atoms with E-state index in [1.165, 1.54) is 360 Å². The van der Waals surface area contributed by atoms with Crippen molar-refractivity contribution in [2.24, 2.45) is 118 Å². The summed E-state index contributed by atoms with van der Waals surface area (Å²) in [6, 6.07) is 0. The van der Waals surface area contributed by atoms with Crippen LogP contribution in [0.2, 0.25) is 0 Å². The molecule has 106 heavy (non-hydrogen) atoms. The van der Waals surface area contributed by atoms with E-state index in [0.717, 1.165) is 153 Å². The maximum absolute atomic E-state index is 12.4. The fourth-order valence-electron chi connectivity index (χ4n) is 23.8. The van der Waals surface area contributed by atoms with Gasteiger partial charge in [0.25, 0.3) is 0 Å². The van der Waals surface area contributed by atoms with Gasteiger partial charge in [-0.1, -0.05) is 300 Å². The molecule has 0 aliphatic heterocycles. The number of carbonyl (C=O) groups is 5. The number of carbonyl (C=O) groups excluding carboxylic acids is 5. The molecular formula is C101H182O5. The van der Waals surface area contributed by atoms with Gasteiger partial charge in [-0.2, -0.15) is 0 Å². The second-order valence-corrected chi connectivity index (χ2v) is 39.2. The maximum Gasteiger partial charge on any atom is 0.136 e. The largest absolute Gasteiger partial charge is 0.299 e. The molecule has 5 heteroatoms. The first-order valence-corrected chi connectivity index (χ1v) is 49.3. The first-order chi connectivity index (χ1) is 51.7. The van der Waals surface area contributed by atoms with Crippen LogP contribution in [0.1, 0.15) is 493 Å². The lowest BCUT2D eigenvalue weighted by Crippen LogP contribution is -2.31. The average Bonchev–Trinajstić information content (AvgIpc) is 0.865. The van der Waals surface area contributed by atoms with Gasteiger partial charge >= 0.3 is 0 Å². The molecule has 5 nitrogen and oxygen atoms in total. The fraction of sp³-hybridized carbons (Fsp3) is 0.950. The van der Waals surface area contributed by atoms with Crippen LogP contribution in [0.3, 0.4) is 0 Å². The molecular weight excluding hydrogens is 1290 g/mol. The molecule has 0 heterocycles. The molecule has 0 saturated heterocycles. The Morgan fingerprint density at radius 3 is 0.585 bits per heavy atom. The van der Waals surface area contributed by atoms with Crippen LogP contribution in [0.15, 0.2) is 0 Å². The van der Waals surface area contributed by atoms with Gasteiger partial charge in [0.2, 0.25) is 0 Å². The standard InChI is InChI=1S/C23H42O.C21H38O.C20H36O.C19H34O.C18H32O/c1-3-5-7-8-9-10-19-12-14-20(15-13-19)22-17-16-21(11-6-4-2)23(24)18-22;1-3-5-7-8-17-10-12-18(13-11-17)20-15-14-19(9-6-4-2)21(22)16-20;1-3-5-7-16-9-11-17(12-10-16)19-14-13-18(8-6-4-2)20(21)15-19;1-3-5-7-17-12-13-18(14-19(17)20)16-10-8-15(6-4-2)9-11-16;1-3-5-6-16-11-12-17(13-18(16)19)15-9-7-14(4-2)8-10-15/h19-22H,3-18H2,1-2H3;17-20H,3-16H2,1-2H3;16-19H,3-15H2,1-2H3;15-18H,3-14H2,1-2H3;14-17H,3-13H2,1-2H3. The van der Waals surface area contributed by atoms with E-state index in [9.17, 15) is 24.0 Å². The SMILES string of the molecule is CCCCC1CCC(C2CCC(CC)CC2)CC1=O.CCCCC1CCC(C2CCC(CCC)CC2)CC1=O.CCCCC1CCC(C2CCC(CCCC)C(=O)C2)CC1.CCCCCC1CCC(C2CCC(CCCC)C(=O)C2)CC1.CCCCCCCC1CCC(C2CCC(CCCC)C(=O)C2)CC1. The minimum absolute atomic E-state index is 0.417. The molecule has 10 fully saturated rings. The van der Waals surface area contributed by atoms with Crippen LogP contribution in [0.5, 0.6) is 0 Å². The van der Waals surface area contributed by atoms with Gasteiger partial charge in [-0.25, -0.2) is 0 Å². The molecule has 10 aliphatic carbocycles. The Labute approximate surface area is 660 Å². The summed E-state index contributed by atoms with van der Waals surface area (Å²) in [5.74, 6) is 18.1. The molecule has 10 saturated carbocycles. The van der Waals surface area contributed by atoms with Crippen molar-refractivity contribution < 1.29 is 24.0 Å². The Morgan fingerprint density at radius 1 is 0.170 bits per heavy atom. The Balaban J connectivity index is 0.000000208. The summed E-state index contributed by atoms with van der Waals surface area (Å²) in [6.45, 7) is 22.7. The highest BCUT2D eigenvalue weighted by atomic mass is 16.1. The molecule has 0 radical (unpaired) electrons. The van der Waals surface area contributed by atoms with Crippen molar-refractivity contribution >= 4 is 28.9 Å². The third kappa shape index (κ3) is 34.6. The van der Waals surface area contributed by atoms with E-state index < -0.39 is 0 Å². The Morgan fingerprint density at radius 2 is 0.358 bits per heavy atom. The van der Waals surface area contributed by atoms with Crippen LogP contribution >= 0.6 is 0 Å². The second kappa shape index (κ2) is 55.8. The number of unbranched alkanes of at least 4 members (excludes halogenated alkanes) is 12. The zero-order valence-corrected chi connectivity index (χ0v) is 72.8. The summed E-state index contributed by atoms with van der Waals surface area (Å²) in [5, 5.41) is 0. The van der Waals surface area contributed by atoms with Gasteiger partial charge in [0.15, 0.2) is 0 Å². The second-order valence-electron chi connectivity index (χ2n) is 39.2. The fourth-order valence-corrected chi connectivity index (χ4v) is 23.8. The van der Waals surface area contributed by atoms with E-state index in [0.29, 0.717) is 58.5 Å². The van der Waals surface area contributed by atoms with Crippen molar-refractivity contribution in [1.82, 2.24) is 0 Å². The quantitative estimate of drug-likeness (QED) is 0.0584. The molecule has 0 bridgehead atoms. The number of hydrogen-bond donors (Lipinski definition) is 0. The Hall–Kier alpha value is -1.65. The Bertz CT molecular complexity index is 2240. The van der Waals surface area contributed by atoms with Crippen molar-refractivity contribution in [3.05, 3.63) is 0 Å². The van der Waals surface area contributed by atoms with E-state index in [2.05, 4.69) is 69.2 Å². The zero-order chi connectivity index (χ0) is 76.1. The zero-order valence-electron chi connectivity index (χ0n) is 72.8. The summed E-state index contributed by atoms with van der Waals surface area (Å²) >= 11 is 0. The maximum atomic E-state index is 12.4.